The van der Waals surface area contributed by atoms with Gasteiger partial charge in [-0.15, -0.1) is 11.3 Å². The average molecular weight is 392 g/mol. The van der Waals surface area contributed by atoms with Crippen LogP contribution in [0.15, 0.2) is 30.3 Å². The number of rotatable bonds is 3. The van der Waals surface area contributed by atoms with Gasteiger partial charge in [-0.05, 0) is 31.2 Å². The summed E-state index contributed by atoms with van der Waals surface area (Å²) in [5, 5.41) is 3.53. The van der Waals surface area contributed by atoms with Crippen molar-refractivity contribution in [2.45, 2.75) is 6.92 Å². The predicted octanol–water partition coefficient (Wildman–Crippen LogP) is 4.88. The lowest BCUT2D eigenvalue weighted by molar-refractivity contribution is 0.101. The fourth-order valence-electron chi connectivity index (χ4n) is 2.70. The summed E-state index contributed by atoms with van der Waals surface area (Å²) in [6.07, 6.45) is 0. The smallest absolute Gasteiger partial charge is 0.267 e. The van der Waals surface area contributed by atoms with Gasteiger partial charge in [-0.1, -0.05) is 11.6 Å². The highest BCUT2D eigenvalue weighted by atomic mass is 35.5. The average Bonchev–Trinajstić information content (AvgIpc) is 3.17. The molecule has 1 aliphatic heterocycles. The zero-order chi connectivity index (χ0) is 18.4. The minimum Gasteiger partial charge on any atom is -0.454 e. The maximum Gasteiger partial charge on any atom is 0.267 e. The van der Waals surface area contributed by atoms with Crippen molar-refractivity contribution in [3.05, 3.63) is 51.6 Å². The number of carbonyl (C=O) groups is 2. The van der Waals surface area contributed by atoms with Gasteiger partial charge >= 0.3 is 0 Å². The van der Waals surface area contributed by atoms with Gasteiger partial charge in [0.05, 0.1) is 10.7 Å². The Morgan fingerprint density at radius 1 is 1.19 bits per heavy atom. The zero-order valence-electron chi connectivity index (χ0n) is 13.4. The molecule has 0 spiro atoms. The van der Waals surface area contributed by atoms with E-state index < -0.39 is 11.7 Å². The van der Waals surface area contributed by atoms with Gasteiger partial charge < -0.3 is 14.8 Å². The predicted molar refractivity (Wildman–Crippen MR) is 97.3 cm³/mol. The number of ketones is 1. The normalized spacial score (nSPS) is 12.4. The van der Waals surface area contributed by atoms with Crippen LogP contribution < -0.4 is 14.8 Å². The maximum absolute atomic E-state index is 13.4. The van der Waals surface area contributed by atoms with Crippen LogP contribution in [0.5, 0.6) is 11.5 Å². The first-order valence-corrected chi connectivity index (χ1v) is 8.77. The lowest BCUT2D eigenvalue weighted by atomic mass is 10.1. The van der Waals surface area contributed by atoms with Gasteiger partial charge in [0.2, 0.25) is 6.79 Å². The molecule has 26 heavy (non-hydrogen) atoms. The van der Waals surface area contributed by atoms with E-state index in [1.807, 2.05) is 0 Å². The first kappa shape index (κ1) is 16.8. The number of fused-ring (bicyclic) bond motifs is 2. The summed E-state index contributed by atoms with van der Waals surface area (Å²) in [5.74, 6) is -0.239. The SMILES string of the molecule is CC(=O)c1cc2c(cc1NC(=O)c1sc3cc(F)ccc3c1Cl)OCO2. The van der Waals surface area contributed by atoms with Gasteiger partial charge in [0.1, 0.15) is 10.7 Å². The van der Waals surface area contributed by atoms with Crippen LogP contribution in [-0.2, 0) is 0 Å². The monoisotopic (exact) mass is 391 g/mol. The van der Waals surface area contributed by atoms with E-state index in [0.717, 1.165) is 11.3 Å². The Morgan fingerprint density at radius 3 is 2.65 bits per heavy atom. The summed E-state index contributed by atoms with van der Waals surface area (Å²) in [6, 6.07) is 7.21. The molecular weight excluding hydrogens is 381 g/mol. The third kappa shape index (κ3) is 2.79. The molecule has 1 N–H and O–H groups in total. The van der Waals surface area contributed by atoms with Gasteiger partial charge in [0, 0.05) is 21.7 Å². The molecule has 132 valence electrons. The molecule has 2 heterocycles. The van der Waals surface area contributed by atoms with Crippen molar-refractivity contribution in [1.82, 2.24) is 0 Å². The molecular formula is C18H11ClFNO4S. The molecule has 1 amide bonds. The van der Waals surface area contributed by atoms with E-state index >= 15 is 0 Å². The quantitative estimate of drug-likeness (QED) is 0.646. The molecule has 0 bridgehead atoms. The first-order valence-electron chi connectivity index (χ1n) is 7.57. The van der Waals surface area contributed by atoms with Crippen LogP contribution in [0.1, 0.15) is 27.0 Å². The van der Waals surface area contributed by atoms with Crippen LogP contribution >= 0.6 is 22.9 Å². The summed E-state index contributed by atoms with van der Waals surface area (Å²) in [4.78, 5) is 24.9. The number of benzene rings is 2. The fraction of sp³-hybridized carbons (Fsp3) is 0.111. The van der Waals surface area contributed by atoms with Crippen LogP contribution in [-0.4, -0.2) is 18.5 Å². The second kappa shape index (κ2) is 6.26. The van der Waals surface area contributed by atoms with Gasteiger partial charge in [-0.2, -0.15) is 0 Å². The Hall–Kier alpha value is -2.64. The third-order valence-corrected chi connectivity index (χ3v) is 5.59. The number of Topliss-reactive ketones (excluding diaryl/α,β-unsaturated/α-hetero) is 1. The second-order valence-corrected chi connectivity index (χ2v) is 7.08. The Balaban J connectivity index is 1.73. The molecule has 0 aliphatic carbocycles. The molecule has 8 heteroatoms. The number of amides is 1. The molecule has 0 saturated heterocycles. The number of hydrogen-bond acceptors (Lipinski definition) is 5. The summed E-state index contributed by atoms with van der Waals surface area (Å²) >= 11 is 7.36. The summed E-state index contributed by atoms with van der Waals surface area (Å²) < 4.78 is 24.5. The van der Waals surface area contributed by atoms with Crippen LogP contribution in [0.2, 0.25) is 5.02 Å². The van der Waals surface area contributed by atoms with E-state index in [2.05, 4.69) is 5.32 Å². The number of thiophene rings is 1. The summed E-state index contributed by atoms with van der Waals surface area (Å²) in [6.45, 7) is 1.44. The molecule has 0 fully saturated rings. The summed E-state index contributed by atoms with van der Waals surface area (Å²) in [5.41, 5.74) is 0.595. The van der Waals surface area contributed by atoms with Crippen LogP contribution in [0.3, 0.4) is 0 Å². The minimum atomic E-state index is -0.488. The molecule has 1 aromatic heterocycles. The van der Waals surface area contributed by atoms with Crippen molar-refractivity contribution in [1.29, 1.82) is 0 Å². The number of anilines is 1. The van der Waals surface area contributed by atoms with E-state index in [-0.39, 0.29) is 22.5 Å². The van der Waals surface area contributed by atoms with E-state index in [1.165, 1.54) is 37.3 Å². The molecule has 2 aromatic carbocycles. The largest absolute Gasteiger partial charge is 0.454 e. The van der Waals surface area contributed by atoms with E-state index in [4.69, 9.17) is 21.1 Å². The zero-order valence-corrected chi connectivity index (χ0v) is 15.0. The van der Waals surface area contributed by atoms with Gasteiger partial charge in [-0.25, -0.2) is 4.39 Å². The molecule has 0 atom stereocenters. The Bertz CT molecular complexity index is 1080. The lowest BCUT2D eigenvalue weighted by Crippen LogP contribution is -2.13. The minimum absolute atomic E-state index is 0.0534. The third-order valence-electron chi connectivity index (χ3n) is 3.94. The van der Waals surface area contributed by atoms with Gasteiger partial charge in [-0.3, -0.25) is 9.59 Å². The fourth-order valence-corrected chi connectivity index (χ4v) is 4.14. The molecule has 4 rings (SSSR count). The number of hydrogen-bond donors (Lipinski definition) is 1. The Labute approximate surface area is 156 Å². The van der Waals surface area contributed by atoms with Crippen molar-refractivity contribution in [2.24, 2.45) is 0 Å². The number of ether oxygens (including phenoxy) is 2. The molecule has 0 radical (unpaired) electrons. The van der Waals surface area contributed by atoms with E-state index in [9.17, 15) is 14.0 Å². The van der Waals surface area contributed by atoms with E-state index in [1.54, 1.807) is 0 Å². The van der Waals surface area contributed by atoms with E-state index in [0.29, 0.717) is 32.8 Å². The van der Waals surface area contributed by atoms with Crippen molar-refractivity contribution in [3.63, 3.8) is 0 Å². The van der Waals surface area contributed by atoms with Crippen LogP contribution in [0.25, 0.3) is 10.1 Å². The summed E-state index contributed by atoms with van der Waals surface area (Å²) in [7, 11) is 0. The lowest BCUT2D eigenvalue weighted by Gasteiger charge is -2.10. The van der Waals surface area contributed by atoms with Gasteiger partial charge in [0.15, 0.2) is 17.3 Å². The topological polar surface area (TPSA) is 64.6 Å². The number of halogens is 2. The molecule has 3 aromatic rings. The second-order valence-electron chi connectivity index (χ2n) is 5.65. The standard InChI is InChI=1S/C18H11ClFNO4S/c1-8(22)11-5-13-14(25-7-24-13)6-12(11)21-18(23)17-16(19)10-3-2-9(20)4-15(10)26-17/h2-6H,7H2,1H3,(H,21,23). The Kier molecular flexibility index (Phi) is 4.05. The Morgan fingerprint density at radius 2 is 1.92 bits per heavy atom. The van der Waals surface area contributed by atoms with Crippen LogP contribution in [0.4, 0.5) is 10.1 Å². The van der Waals surface area contributed by atoms with Crippen LogP contribution in [0, 0.1) is 5.82 Å². The highest BCUT2D eigenvalue weighted by Crippen LogP contribution is 2.39. The van der Waals surface area contributed by atoms with Crippen molar-refractivity contribution in [3.8, 4) is 11.5 Å². The van der Waals surface area contributed by atoms with Crippen molar-refractivity contribution in [2.75, 3.05) is 12.1 Å². The molecule has 0 unspecified atom stereocenters. The number of carbonyl (C=O) groups excluding carboxylic acids is 2. The molecule has 0 saturated carbocycles. The first-order chi connectivity index (χ1) is 12.4. The maximum atomic E-state index is 13.4. The highest BCUT2D eigenvalue weighted by molar-refractivity contribution is 7.21. The van der Waals surface area contributed by atoms with Crippen molar-refractivity contribution >= 4 is 50.4 Å². The number of nitrogens with one attached hydrogen (secondary N) is 1. The molecule has 5 nitrogen and oxygen atoms in total. The highest BCUT2D eigenvalue weighted by Gasteiger charge is 2.23. The van der Waals surface area contributed by atoms with Gasteiger partial charge in [0.25, 0.3) is 5.91 Å². The van der Waals surface area contributed by atoms with Crippen molar-refractivity contribution < 1.29 is 23.5 Å². The molecule has 1 aliphatic rings.